The number of piperidine rings is 1. The van der Waals surface area contributed by atoms with Crippen molar-refractivity contribution in [3.05, 3.63) is 40.3 Å². The number of carbonyl (C=O) groups excluding carboxylic acids is 2. The van der Waals surface area contributed by atoms with Crippen LogP contribution in [0.4, 0.5) is 9.18 Å². The SMILES string of the molecule is Cc1nc(C)c(-c2ccc(C[C@@H](N)NC(=O)[C@@H]3[C@H]4CC[C@H](C4)N3C(=O)OC(C)(C)C)c(F)c2)s1. The van der Waals surface area contributed by atoms with Gasteiger partial charge in [0.25, 0.3) is 0 Å². The molecule has 1 saturated carbocycles. The first kappa shape index (κ1) is 24.6. The van der Waals surface area contributed by atoms with E-state index in [1.807, 2.05) is 40.7 Å². The van der Waals surface area contributed by atoms with E-state index < -0.39 is 23.9 Å². The summed E-state index contributed by atoms with van der Waals surface area (Å²) in [6.07, 6.45) is 1.45. The molecule has 9 heteroatoms. The Labute approximate surface area is 203 Å². The van der Waals surface area contributed by atoms with Gasteiger partial charge in [-0.25, -0.2) is 14.2 Å². The van der Waals surface area contributed by atoms with E-state index in [2.05, 4.69) is 10.3 Å². The molecule has 0 unspecified atom stereocenters. The summed E-state index contributed by atoms with van der Waals surface area (Å²) >= 11 is 1.53. The number of amides is 2. The molecule has 34 heavy (non-hydrogen) atoms. The van der Waals surface area contributed by atoms with Crippen molar-refractivity contribution in [1.82, 2.24) is 15.2 Å². The lowest BCUT2D eigenvalue weighted by Crippen LogP contribution is -2.57. The molecule has 2 fully saturated rings. The molecule has 184 valence electrons. The monoisotopic (exact) mass is 488 g/mol. The first-order chi connectivity index (χ1) is 15.9. The summed E-state index contributed by atoms with van der Waals surface area (Å²) in [5.74, 6) is -0.590. The number of halogens is 1. The number of rotatable bonds is 5. The summed E-state index contributed by atoms with van der Waals surface area (Å²) in [5, 5.41) is 3.74. The number of nitrogens with one attached hydrogen (secondary N) is 1. The fourth-order valence-electron chi connectivity index (χ4n) is 5.11. The number of benzene rings is 1. The molecule has 3 N–H and O–H groups in total. The van der Waals surface area contributed by atoms with Gasteiger partial charge >= 0.3 is 6.09 Å². The number of aryl methyl sites for hydroxylation is 2. The average molecular weight is 489 g/mol. The smallest absolute Gasteiger partial charge is 0.411 e. The molecule has 2 amide bonds. The number of nitrogens with two attached hydrogens (primary N) is 1. The summed E-state index contributed by atoms with van der Waals surface area (Å²) < 4.78 is 20.4. The van der Waals surface area contributed by atoms with Gasteiger partial charge in [0.05, 0.1) is 21.7 Å². The predicted octanol–water partition coefficient (Wildman–Crippen LogP) is 4.30. The fraction of sp³-hybridized carbons (Fsp3) is 0.560. The molecule has 1 aliphatic carbocycles. The highest BCUT2D eigenvalue weighted by Gasteiger charge is 2.52. The van der Waals surface area contributed by atoms with E-state index in [0.29, 0.717) is 5.56 Å². The Morgan fingerprint density at radius 2 is 2.06 bits per heavy atom. The lowest BCUT2D eigenvalue weighted by atomic mass is 9.97. The minimum Gasteiger partial charge on any atom is -0.444 e. The minimum absolute atomic E-state index is 0.00986. The van der Waals surface area contributed by atoms with Crippen molar-refractivity contribution >= 4 is 23.3 Å². The second-order valence-corrected chi connectivity index (χ2v) is 11.5. The van der Waals surface area contributed by atoms with Gasteiger partial charge in [-0.15, -0.1) is 11.3 Å². The van der Waals surface area contributed by atoms with Crippen molar-refractivity contribution in [1.29, 1.82) is 0 Å². The molecule has 2 bridgehead atoms. The third-order valence-corrected chi connectivity index (χ3v) is 7.57. The Morgan fingerprint density at radius 3 is 2.68 bits per heavy atom. The number of ether oxygens (including phenoxy) is 1. The molecule has 0 spiro atoms. The molecule has 1 aromatic carbocycles. The Balaban J connectivity index is 1.42. The Kier molecular flexibility index (Phi) is 6.70. The molecular weight excluding hydrogens is 455 g/mol. The highest BCUT2D eigenvalue weighted by atomic mass is 32.1. The third kappa shape index (κ3) is 5.10. The van der Waals surface area contributed by atoms with Crippen LogP contribution < -0.4 is 11.1 Å². The van der Waals surface area contributed by atoms with E-state index in [1.165, 1.54) is 17.4 Å². The zero-order valence-electron chi connectivity index (χ0n) is 20.4. The summed E-state index contributed by atoms with van der Waals surface area (Å²) in [4.78, 5) is 32.9. The Morgan fingerprint density at radius 1 is 1.32 bits per heavy atom. The molecule has 4 atom stereocenters. The van der Waals surface area contributed by atoms with Gasteiger partial charge in [0, 0.05) is 12.5 Å². The summed E-state index contributed by atoms with van der Waals surface area (Å²) in [7, 11) is 0. The van der Waals surface area contributed by atoms with Gasteiger partial charge in [-0.05, 0) is 77.0 Å². The number of thiazole rings is 1. The number of carbonyl (C=O) groups is 2. The second kappa shape index (κ2) is 9.26. The first-order valence-corrected chi connectivity index (χ1v) is 12.5. The van der Waals surface area contributed by atoms with Gasteiger partial charge in [-0.1, -0.05) is 12.1 Å². The van der Waals surface area contributed by atoms with Crippen LogP contribution in [0.1, 0.15) is 56.3 Å². The lowest BCUT2D eigenvalue weighted by molar-refractivity contribution is -0.128. The summed E-state index contributed by atoms with van der Waals surface area (Å²) in [6, 6.07) is 4.45. The standard InChI is InChI=1S/C25H33FN4O3S/c1-13-22(34-14(2)28-13)17-7-6-15(19(26)11-17)12-20(27)29-23(31)21-16-8-9-18(10-16)30(21)24(32)33-25(3,4)5/h6-7,11,16,18,20-21H,8-10,12,27H2,1-5H3,(H,29,31)/t16-,18+,20-,21-/m0/s1. The maximum atomic E-state index is 14.9. The van der Waals surface area contributed by atoms with Crippen LogP contribution >= 0.6 is 11.3 Å². The zero-order valence-corrected chi connectivity index (χ0v) is 21.2. The number of fused-ring (bicyclic) bond motifs is 2. The summed E-state index contributed by atoms with van der Waals surface area (Å²) in [6.45, 7) is 9.25. The van der Waals surface area contributed by atoms with Gasteiger partial charge in [0.15, 0.2) is 0 Å². The van der Waals surface area contributed by atoms with Crippen LogP contribution in [0, 0.1) is 25.6 Å². The molecule has 1 saturated heterocycles. The summed E-state index contributed by atoms with van der Waals surface area (Å²) in [5.41, 5.74) is 7.63. The van der Waals surface area contributed by atoms with Crippen LogP contribution in [0.25, 0.3) is 10.4 Å². The van der Waals surface area contributed by atoms with Crippen molar-refractivity contribution in [2.24, 2.45) is 11.7 Å². The van der Waals surface area contributed by atoms with Crippen LogP contribution in [0.3, 0.4) is 0 Å². The van der Waals surface area contributed by atoms with Crippen LogP contribution in [0.5, 0.6) is 0 Å². The number of aromatic nitrogens is 1. The van der Waals surface area contributed by atoms with E-state index in [9.17, 15) is 14.0 Å². The molecular formula is C25H33FN4O3S. The molecule has 0 radical (unpaired) electrons. The van der Waals surface area contributed by atoms with Crippen molar-refractivity contribution in [3.63, 3.8) is 0 Å². The van der Waals surface area contributed by atoms with E-state index in [1.54, 1.807) is 11.0 Å². The molecule has 2 aliphatic rings. The fourth-order valence-corrected chi connectivity index (χ4v) is 6.03. The number of nitrogens with zero attached hydrogens (tertiary/aromatic N) is 2. The van der Waals surface area contributed by atoms with Crippen molar-refractivity contribution < 1.29 is 18.7 Å². The minimum atomic E-state index is -0.778. The van der Waals surface area contributed by atoms with Crippen LogP contribution in [-0.4, -0.2) is 45.7 Å². The van der Waals surface area contributed by atoms with E-state index in [0.717, 1.165) is 40.4 Å². The van der Waals surface area contributed by atoms with Crippen molar-refractivity contribution in [2.75, 3.05) is 0 Å². The van der Waals surface area contributed by atoms with Crippen molar-refractivity contribution in [2.45, 2.75) is 84.2 Å². The van der Waals surface area contributed by atoms with Gasteiger partial charge in [0.1, 0.15) is 17.5 Å². The van der Waals surface area contributed by atoms with Crippen LogP contribution in [0.2, 0.25) is 0 Å². The van der Waals surface area contributed by atoms with Gasteiger partial charge < -0.3 is 15.8 Å². The van der Waals surface area contributed by atoms with E-state index in [4.69, 9.17) is 10.5 Å². The van der Waals surface area contributed by atoms with Crippen LogP contribution in [-0.2, 0) is 16.0 Å². The third-order valence-electron chi connectivity index (χ3n) is 6.44. The highest BCUT2D eigenvalue weighted by Crippen LogP contribution is 2.43. The highest BCUT2D eigenvalue weighted by molar-refractivity contribution is 7.15. The second-order valence-electron chi connectivity index (χ2n) is 10.3. The number of hydrogen-bond donors (Lipinski definition) is 2. The van der Waals surface area contributed by atoms with Gasteiger partial charge in [-0.3, -0.25) is 9.69 Å². The van der Waals surface area contributed by atoms with Crippen LogP contribution in [0.15, 0.2) is 18.2 Å². The van der Waals surface area contributed by atoms with E-state index in [-0.39, 0.29) is 30.1 Å². The number of likely N-dealkylation sites (tertiary alicyclic amines) is 1. The topological polar surface area (TPSA) is 97.5 Å². The Hall–Kier alpha value is -2.52. The average Bonchev–Trinajstić information content (AvgIpc) is 3.42. The Bertz CT molecular complexity index is 1100. The lowest BCUT2D eigenvalue weighted by Gasteiger charge is -2.36. The van der Waals surface area contributed by atoms with Gasteiger partial charge in [0.2, 0.25) is 5.91 Å². The normalized spacial score (nSPS) is 22.7. The molecule has 2 aromatic rings. The largest absolute Gasteiger partial charge is 0.444 e. The van der Waals surface area contributed by atoms with Crippen molar-refractivity contribution in [3.8, 4) is 10.4 Å². The molecule has 1 aromatic heterocycles. The molecule has 2 heterocycles. The quantitative estimate of drug-likeness (QED) is 0.612. The van der Waals surface area contributed by atoms with E-state index >= 15 is 0 Å². The molecule has 1 aliphatic heterocycles. The number of hydrogen-bond acceptors (Lipinski definition) is 6. The zero-order chi connectivity index (χ0) is 24.8. The predicted molar refractivity (Wildman–Crippen MR) is 130 cm³/mol. The first-order valence-electron chi connectivity index (χ1n) is 11.7. The molecule has 7 nitrogen and oxygen atoms in total. The maximum absolute atomic E-state index is 14.9. The molecule has 4 rings (SSSR count). The maximum Gasteiger partial charge on any atom is 0.411 e. The van der Waals surface area contributed by atoms with Gasteiger partial charge in [-0.2, -0.15) is 0 Å².